The van der Waals surface area contributed by atoms with Crippen LogP contribution in [0.5, 0.6) is 0 Å². The zero-order chi connectivity index (χ0) is 24.6. The minimum atomic E-state index is -4.49. The lowest BCUT2D eigenvalue weighted by Gasteiger charge is -2.36. The first-order valence-electron chi connectivity index (χ1n) is 10.7. The summed E-state index contributed by atoms with van der Waals surface area (Å²) in [7, 11) is 0. The van der Waals surface area contributed by atoms with Gasteiger partial charge in [-0.05, 0) is 30.3 Å². The molecule has 2 amide bonds. The molecule has 5 rings (SSSR count). The SMILES string of the molecule is Cl.O=C(NCC(F)(F)F)Nc1cccc(-c2cnc3cc(-c4nccc(N5CC(O)C5)n4)ccn23)c1. The number of aliphatic hydroxyl groups excluding tert-OH is 1. The van der Waals surface area contributed by atoms with Crippen LogP contribution >= 0.6 is 12.4 Å². The Hall–Kier alpha value is -3.90. The number of carbonyl (C=O) groups excluding carboxylic acids is 1. The monoisotopic (exact) mass is 519 g/mol. The van der Waals surface area contributed by atoms with Gasteiger partial charge in [-0.1, -0.05) is 12.1 Å². The number of pyridine rings is 1. The number of β-amino-alcohol motifs (C(OH)–C–C–N with tert-alkyl or cyclic N) is 1. The highest BCUT2D eigenvalue weighted by Crippen LogP contribution is 2.27. The van der Waals surface area contributed by atoms with E-state index < -0.39 is 18.8 Å². The third kappa shape index (κ3) is 5.50. The van der Waals surface area contributed by atoms with Gasteiger partial charge in [-0.2, -0.15) is 13.2 Å². The number of anilines is 2. The van der Waals surface area contributed by atoms with E-state index in [2.05, 4.69) is 20.3 Å². The summed E-state index contributed by atoms with van der Waals surface area (Å²) < 4.78 is 38.8. The normalized spacial score (nSPS) is 13.7. The number of aromatic nitrogens is 4. The molecular weight excluding hydrogens is 499 g/mol. The molecule has 0 spiro atoms. The van der Waals surface area contributed by atoms with Crippen molar-refractivity contribution in [1.82, 2.24) is 24.7 Å². The van der Waals surface area contributed by atoms with E-state index in [9.17, 15) is 23.1 Å². The summed E-state index contributed by atoms with van der Waals surface area (Å²) in [6, 6.07) is 11.3. The second kappa shape index (κ2) is 9.99. The van der Waals surface area contributed by atoms with E-state index in [-0.39, 0.29) is 18.5 Å². The molecule has 36 heavy (non-hydrogen) atoms. The van der Waals surface area contributed by atoms with Gasteiger partial charge in [0.15, 0.2) is 5.82 Å². The maximum Gasteiger partial charge on any atom is 0.405 e. The van der Waals surface area contributed by atoms with E-state index in [0.717, 1.165) is 17.1 Å². The van der Waals surface area contributed by atoms with E-state index in [0.29, 0.717) is 35.8 Å². The zero-order valence-corrected chi connectivity index (χ0v) is 19.4. The average molecular weight is 520 g/mol. The van der Waals surface area contributed by atoms with E-state index in [4.69, 9.17) is 0 Å². The fourth-order valence-electron chi connectivity index (χ4n) is 3.75. The number of carbonyl (C=O) groups is 1. The molecule has 1 aromatic carbocycles. The molecule has 0 saturated carbocycles. The van der Waals surface area contributed by atoms with Gasteiger partial charge in [-0.3, -0.25) is 4.40 Å². The summed E-state index contributed by atoms with van der Waals surface area (Å²) >= 11 is 0. The van der Waals surface area contributed by atoms with Crippen molar-refractivity contribution in [3.8, 4) is 22.6 Å². The number of urea groups is 1. The van der Waals surface area contributed by atoms with Crippen LogP contribution in [0.3, 0.4) is 0 Å². The number of alkyl halides is 3. The number of hydrogen-bond donors (Lipinski definition) is 3. The van der Waals surface area contributed by atoms with Crippen LogP contribution in [-0.4, -0.2) is 62.4 Å². The Morgan fingerprint density at radius 1 is 1.11 bits per heavy atom. The van der Waals surface area contributed by atoms with Gasteiger partial charge in [0.1, 0.15) is 18.0 Å². The van der Waals surface area contributed by atoms with Crippen LogP contribution < -0.4 is 15.5 Å². The molecular formula is C23H21ClF3N7O2. The fourth-order valence-corrected chi connectivity index (χ4v) is 3.75. The van der Waals surface area contributed by atoms with Crippen molar-refractivity contribution in [2.24, 2.45) is 0 Å². The van der Waals surface area contributed by atoms with E-state index in [1.807, 2.05) is 33.7 Å². The Labute approximate surface area is 209 Å². The number of nitrogens with one attached hydrogen (secondary N) is 2. The third-order valence-corrected chi connectivity index (χ3v) is 5.46. The topological polar surface area (TPSA) is 108 Å². The smallest absolute Gasteiger partial charge is 0.389 e. The van der Waals surface area contributed by atoms with Crippen molar-refractivity contribution in [2.45, 2.75) is 12.3 Å². The summed E-state index contributed by atoms with van der Waals surface area (Å²) in [5.41, 5.74) is 3.21. The van der Waals surface area contributed by atoms with E-state index in [1.54, 1.807) is 42.0 Å². The minimum Gasteiger partial charge on any atom is -0.389 e. The summed E-state index contributed by atoms with van der Waals surface area (Å²) in [5.74, 6) is 1.28. The molecule has 4 aromatic rings. The van der Waals surface area contributed by atoms with Gasteiger partial charge in [-0.15, -0.1) is 12.4 Å². The van der Waals surface area contributed by atoms with Gasteiger partial charge in [0.25, 0.3) is 0 Å². The zero-order valence-electron chi connectivity index (χ0n) is 18.6. The number of amides is 2. The molecule has 0 aliphatic carbocycles. The van der Waals surface area contributed by atoms with Gasteiger partial charge in [0.2, 0.25) is 0 Å². The average Bonchev–Trinajstić information content (AvgIpc) is 3.24. The quantitative estimate of drug-likeness (QED) is 0.371. The van der Waals surface area contributed by atoms with Gasteiger partial charge in [0.05, 0.1) is 18.0 Å². The summed E-state index contributed by atoms with van der Waals surface area (Å²) in [6.45, 7) is -0.339. The molecule has 188 valence electrons. The number of imidazole rings is 1. The molecule has 3 aromatic heterocycles. The molecule has 0 bridgehead atoms. The fraction of sp³-hybridized carbons (Fsp3) is 0.217. The lowest BCUT2D eigenvalue weighted by molar-refractivity contribution is -0.122. The van der Waals surface area contributed by atoms with Crippen LogP contribution in [-0.2, 0) is 0 Å². The van der Waals surface area contributed by atoms with Gasteiger partial charge in [-0.25, -0.2) is 19.7 Å². The van der Waals surface area contributed by atoms with Crippen LogP contribution in [0.25, 0.3) is 28.3 Å². The van der Waals surface area contributed by atoms with E-state index >= 15 is 0 Å². The lowest BCUT2D eigenvalue weighted by atomic mass is 10.1. The Balaban J connectivity index is 0.00000304. The molecule has 1 aliphatic rings. The van der Waals surface area contributed by atoms with Crippen LogP contribution in [0, 0.1) is 0 Å². The lowest BCUT2D eigenvalue weighted by Crippen LogP contribution is -2.51. The molecule has 1 fully saturated rings. The van der Waals surface area contributed by atoms with Crippen LogP contribution in [0.15, 0.2) is 61.1 Å². The van der Waals surface area contributed by atoms with E-state index in [1.165, 1.54) is 0 Å². The van der Waals surface area contributed by atoms with Crippen molar-refractivity contribution in [3.63, 3.8) is 0 Å². The summed E-state index contributed by atoms with van der Waals surface area (Å²) in [5, 5.41) is 13.7. The number of halogens is 4. The van der Waals surface area contributed by atoms with Crippen molar-refractivity contribution in [1.29, 1.82) is 0 Å². The van der Waals surface area contributed by atoms with Crippen LogP contribution in [0.1, 0.15) is 0 Å². The number of aliphatic hydroxyl groups is 1. The first-order valence-corrected chi connectivity index (χ1v) is 10.7. The maximum absolute atomic E-state index is 12.3. The first-order chi connectivity index (χ1) is 16.7. The predicted molar refractivity (Wildman–Crippen MR) is 130 cm³/mol. The summed E-state index contributed by atoms with van der Waals surface area (Å²) in [6.07, 6.45) is 0.342. The Kier molecular flexibility index (Phi) is 7.00. The maximum atomic E-state index is 12.3. The molecule has 1 saturated heterocycles. The number of hydrogen-bond acceptors (Lipinski definition) is 6. The highest BCUT2D eigenvalue weighted by molar-refractivity contribution is 5.90. The molecule has 3 N–H and O–H groups in total. The van der Waals surface area contributed by atoms with Crippen molar-refractivity contribution < 1.29 is 23.1 Å². The minimum absolute atomic E-state index is 0. The number of rotatable bonds is 5. The molecule has 9 nitrogen and oxygen atoms in total. The molecule has 13 heteroatoms. The Bertz CT molecular complexity index is 1390. The third-order valence-electron chi connectivity index (χ3n) is 5.46. The molecule has 0 unspecified atom stereocenters. The molecule has 0 atom stereocenters. The second-order valence-electron chi connectivity index (χ2n) is 8.09. The standard InChI is InChI=1S/C23H20F3N7O2.ClH/c24-23(25,26)13-29-22(35)30-16-3-1-2-14(8-16)18-10-28-20-9-15(5-7-33(18)20)21-27-6-4-19(31-21)32-11-17(34)12-32;/h1-10,17,34H,11-13H2,(H2,29,30,35);1H. The Morgan fingerprint density at radius 2 is 1.92 bits per heavy atom. The second-order valence-corrected chi connectivity index (χ2v) is 8.09. The predicted octanol–water partition coefficient (Wildman–Crippen LogP) is 3.74. The number of nitrogens with zero attached hydrogens (tertiary/aromatic N) is 5. The summed E-state index contributed by atoms with van der Waals surface area (Å²) in [4.78, 5) is 27.2. The van der Waals surface area contributed by atoms with Gasteiger partial charge >= 0.3 is 12.2 Å². The Morgan fingerprint density at radius 3 is 2.67 bits per heavy atom. The first kappa shape index (κ1) is 25.2. The largest absolute Gasteiger partial charge is 0.405 e. The molecule has 0 radical (unpaired) electrons. The highest BCUT2D eigenvalue weighted by atomic mass is 35.5. The van der Waals surface area contributed by atoms with Crippen molar-refractivity contribution in [2.75, 3.05) is 29.9 Å². The molecule has 4 heterocycles. The number of benzene rings is 1. The van der Waals surface area contributed by atoms with Crippen LogP contribution in [0.2, 0.25) is 0 Å². The van der Waals surface area contributed by atoms with Crippen molar-refractivity contribution >= 4 is 35.6 Å². The van der Waals surface area contributed by atoms with Crippen molar-refractivity contribution in [3.05, 3.63) is 61.1 Å². The van der Waals surface area contributed by atoms with Gasteiger partial charge in [0, 0.05) is 42.3 Å². The number of fused-ring (bicyclic) bond motifs is 1. The highest BCUT2D eigenvalue weighted by Gasteiger charge is 2.28. The van der Waals surface area contributed by atoms with Crippen LogP contribution in [0.4, 0.5) is 29.5 Å². The van der Waals surface area contributed by atoms with Gasteiger partial charge < -0.3 is 20.6 Å². The molecule has 1 aliphatic heterocycles.